The second kappa shape index (κ2) is 4.33. The number of nitrogen functional groups attached to an aromatic ring is 1. The summed E-state index contributed by atoms with van der Waals surface area (Å²) < 4.78 is 20.4. The molecule has 1 aromatic heterocycles. The van der Waals surface area contributed by atoms with Gasteiger partial charge >= 0.3 is 0 Å². The van der Waals surface area contributed by atoms with Crippen molar-refractivity contribution in [1.29, 1.82) is 0 Å². The SMILES string of the molecule is COC(C)Cn1c(N)nc2cc(F)c(C)cc21. The minimum atomic E-state index is -0.262. The Balaban J connectivity index is 2.54. The number of methoxy groups -OCH3 is 1. The lowest BCUT2D eigenvalue weighted by Gasteiger charge is -2.12. The molecule has 0 radical (unpaired) electrons. The Bertz CT molecular complexity index is 550. The van der Waals surface area contributed by atoms with E-state index in [0.29, 0.717) is 23.6 Å². The van der Waals surface area contributed by atoms with Crippen molar-refractivity contribution in [3.8, 4) is 0 Å². The van der Waals surface area contributed by atoms with Crippen molar-refractivity contribution in [3.05, 3.63) is 23.5 Å². The van der Waals surface area contributed by atoms with Crippen LogP contribution in [0.15, 0.2) is 12.1 Å². The quantitative estimate of drug-likeness (QED) is 0.889. The zero-order valence-electron chi connectivity index (χ0n) is 10.2. The molecule has 2 aromatic rings. The van der Waals surface area contributed by atoms with Crippen LogP contribution in [0.5, 0.6) is 0 Å². The van der Waals surface area contributed by atoms with Crippen molar-refractivity contribution in [2.24, 2.45) is 0 Å². The van der Waals surface area contributed by atoms with Crippen molar-refractivity contribution in [3.63, 3.8) is 0 Å². The van der Waals surface area contributed by atoms with Crippen molar-refractivity contribution in [2.45, 2.75) is 26.5 Å². The average molecular weight is 237 g/mol. The molecule has 4 nitrogen and oxygen atoms in total. The lowest BCUT2D eigenvalue weighted by molar-refractivity contribution is 0.105. The molecule has 2 rings (SSSR count). The molecule has 0 saturated carbocycles. The van der Waals surface area contributed by atoms with Gasteiger partial charge in [-0.2, -0.15) is 0 Å². The lowest BCUT2D eigenvalue weighted by atomic mass is 10.2. The van der Waals surface area contributed by atoms with E-state index < -0.39 is 0 Å². The van der Waals surface area contributed by atoms with Crippen LogP contribution in [0.1, 0.15) is 12.5 Å². The molecule has 1 unspecified atom stereocenters. The number of benzene rings is 1. The Morgan fingerprint density at radius 2 is 2.24 bits per heavy atom. The smallest absolute Gasteiger partial charge is 0.201 e. The molecule has 0 spiro atoms. The van der Waals surface area contributed by atoms with Crippen molar-refractivity contribution in [1.82, 2.24) is 9.55 Å². The first kappa shape index (κ1) is 11.9. The second-order valence-electron chi connectivity index (χ2n) is 4.22. The van der Waals surface area contributed by atoms with Crippen LogP contribution in [0, 0.1) is 12.7 Å². The summed E-state index contributed by atoms with van der Waals surface area (Å²) in [5, 5.41) is 0. The van der Waals surface area contributed by atoms with Gasteiger partial charge < -0.3 is 15.0 Å². The fourth-order valence-electron chi connectivity index (χ4n) is 1.79. The molecule has 0 aliphatic rings. The Hall–Kier alpha value is -1.62. The number of halogens is 1. The second-order valence-corrected chi connectivity index (χ2v) is 4.22. The van der Waals surface area contributed by atoms with Gasteiger partial charge in [0.25, 0.3) is 0 Å². The number of fused-ring (bicyclic) bond motifs is 1. The number of anilines is 1. The maximum Gasteiger partial charge on any atom is 0.201 e. The number of nitrogens with zero attached hydrogens (tertiary/aromatic N) is 2. The lowest BCUT2D eigenvalue weighted by Crippen LogP contribution is -2.16. The fourth-order valence-corrected chi connectivity index (χ4v) is 1.79. The van der Waals surface area contributed by atoms with E-state index in [-0.39, 0.29) is 11.9 Å². The first-order valence-corrected chi connectivity index (χ1v) is 5.47. The maximum absolute atomic E-state index is 13.4. The molecule has 0 bridgehead atoms. The Kier molecular flexibility index (Phi) is 3.02. The van der Waals surface area contributed by atoms with E-state index in [4.69, 9.17) is 10.5 Å². The molecular weight excluding hydrogens is 221 g/mol. The third kappa shape index (κ3) is 2.10. The monoisotopic (exact) mass is 237 g/mol. The van der Waals surface area contributed by atoms with Crippen LogP contribution in [0.25, 0.3) is 11.0 Å². The van der Waals surface area contributed by atoms with E-state index in [1.807, 2.05) is 11.5 Å². The van der Waals surface area contributed by atoms with Gasteiger partial charge in [-0.25, -0.2) is 9.37 Å². The molecule has 1 atom stereocenters. The Morgan fingerprint density at radius 1 is 1.53 bits per heavy atom. The molecule has 5 heteroatoms. The van der Waals surface area contributed by atoms with Crippen molar-refractivity contribution >= 4 is 17.0 Å². The number of aromatic nitrogens is 2. The first-order valence-electron chi connectivity index (χ1n) is 5.47. The highest BCUT2D eigenvalue weighted by molar-refractivity contribution is 5.79. The number of rotatable bonds is 3. The van der Waals surface area contributed by atoms with Gasteiger partial charge in [-0.15, -0.1) is 0 Å². The standard InChI is InChI=1S/C12H16FN3O/c1-7-4-11-10(5-9(7)13)15-12(14)16(11)6-8(2)17-3/h4-5,8H,6H2,1-3H3,(H2,14,15). The summed E-state index contributed by atoms with van der Waals surface area (Å²) >= 11 is 0. The van der Waals surface area contributed by atoms with E-state index in [2.05, 4.69) is 4.98 Å². The van der Waals surface area contributed by atoms with Crippen LogP contribution in [-0.2, 0) is 11.3 Å². The van der Waals surface area contributed by atoms with Gasteiger partial charge in [0, 0.05) is 13.2 Å². The number of nitrogens with two attached hydrogens (primary N) is 1. The van der Waals surface area contributed by atoms with E-state index in [0.717, 1.165) is 5.52 Å². The summed E-state index contributed by atoms with van der Waals surface area (Å²) in [6.07, 6.45) is 0.0278. The number of hydrogen-bond acceptors (Lipinski definition) is 3. The summed E-state index contributed by atoms with van der Waals surface area (Å²) in [4.78, 5) is 4.15. The van der Waals surface area contributed by atoms with E-state index in [1.165, 1.54) is 6.07 Å². The molecule has 0 aliphatic carbocycles. The molecule has 0 amide bonds. The number of imidazole rings is 1. The van der Waals surface area contributed by atoms with Crippen LogP contribution in [0.2, 0.25) is 0 Å². The van der Waals surface area contributed by atoms with E-state index in [1.54, 1.807) is 20.1 Å². The van der Waals surface area contributed by atoms with Gasteiger partial charge in [0.1, 0.15) is 5.82 Å². The molecule has 0 fully saturated rings. The minimum Gasteiger partial charge on any atom is -0.380 e. The highest BCUT2D eigenvalue weighted by Crippen LogP contribution is 2.22. The fraction of sp³-hybridized carbons (Fsp3) is 0.417. The van der Waals surface area contributed by atoms with E-state index in [9.17, 15) is 4.39 Å². The molecular formula is C12H16FN3O. The van der Waals surface area contributed by atoms with Gasteiger partial charge in [-0.3, -0.25) is 0 Å². The number of ether oxygens (including phenoxy) is 1. The third-order valence-corrected chi connectivity index (χ3v) is 2.90. The van der Waals surface area contributed by atoms with Crippen LogP contribution in [0.3, 0.4) is 0 Å². The van der Waals surface area contributed by atoms with Gasteiger partial charge in [0.2, 0.25) is 5.95 Å². The predicted molar refractivity (Wildman–Crippen MR) is 65.3 cm³/mol. The molecule has 92 valence electrons. The zero-order chi connectivity index (χ0) is 12.6. The maximum atomic E-state index is 13.4. The van der Waals surface area contributed by atoms with Gasteiger partial charge in [0.15, 0.2) is 0 Å². The zero-order valence-corrected chi connectivity index (χ0v) is 10.2. The summed E-state index contributed by atoms with van der Waals surface area (Å²) in [5.41, 5.74) is 7.83. The first-order chi connectivity index (χ1) is 8.02. The van der Waals surface area contributed by atoms with Crippen LogP contribution < -0.4 is 5.73 Å². The molecule has 17 heavy (non-hydrogen) atoms. The highest BCUT2D eigenvalue weighted by Gasteiger charge is 2.12. The normalized spacial score (nSPS) is 13.2. The number of hydrogen-bond donors (Lipinski definition) is 1. The van der Waals surface area contributed by atoms with Gasteiger partial charge in [-0.05, 0) is 25.5 Å². The molecule has 2 N–H and O–H groups in total. The molecule has 0 saturated heterocycles. The van der Waals surface area contributed by atoms with Gasteiger partial charge in [0.05, 0.1) is 23.7 Å². The molecule has 0 aliphatic heterocycles. The summed E-state index contributed by atoms with van der Waals surface area (Å²) in [6.45, 7) is 4.27. The van der Waals surface area contributed by atoms with Crippen molar-refractivity contribution in [2.75, 3.05) is 12.8 Å². The average Bonchev–Trinajstić information content (AvgIpc) is 2.56. The predicted octanol–water partition coefficient (Wildman–Crippen LogP) is 2.10. The number of aryl methyl sites for hydroxylation is 1. The van der Waals surface area contributed by atoms with Crippen LogP contribution in [0.4, 0.5) is 10.3 Å². The molecule has 1 aromatic carbocycles. The third-order valence-electron chi connectivity index (χ3n) is 2.90. The largest absolute Gasteiger partial charge is 0.380 e. The Labute approximate surface area is 99.2 Å². The highest BCUT2D eigenvalue weighted by atomic mass is 19.1. The van der Waals surface area contributed by atoms with Crippen molar-refractivity contribution < 1.29 is 9.13 Å². The molecule has 1 heterocycles. The van der Waals surface area contributed by atoms with E-state index >= 15 is 0 Å². The summed E-state index contributed by atoms with van der Waals surface area (Å²) in [5.74, 6) is 0.121. The van der Waals surface area contributed by atoms with Crippen LogP contribution >= 0.6 is 0 Å². The van der Waals surface area contributed by atoms with Crippen LogP contribution in [-0.4, -0.2) is 22.8 Å². The van der Waals surface area contributed by atoms with Gasteiger partial charge in [-0.1, -0.05) is 0 Å². The minimum absolute atomic E-state index is 0.0278. The summed E-state index contributed by atoms with van der Waals surface area (Å²) in [6, 6.07) is 3.17. The Morgan fingerprint density at radius 3 is 2.88 bits per heavy atom. The summed E-state index contributed by atoms with van der Waals surface area (Å²) in [7, 11) is 1.64. The topological polar surface area (TPSA) is 53.1 Å².